The van der Waals surface area contributed by atoms with Gasteiger partial charge in [-0.3, -0.25) is 24.6 Å². The van der Waals surface area contributed by atoms with E-state index < -0.39 is 22.7 Å². The Kier molecular flexibility index (Phi) is 7.97. The van der Waals surface area contributed by atoms with E-state index in [4.69, 9.17) is 9.47 Å². The number of rotatable bonds is 9. The molecular formula is C26H29N3O7. The minimum Gasteiger partial charge on any atom is -0.507 e. The van der Waals surface area contributed by atoms with E-state index >= 15 is 0 Å². The van der Waals surface area contributed by atoms with Crippen molar-refractivity contribution in [1.29, 1.82) is 0 Å². The van der Waals surface area contributed by atoms with Crippen LogP contribution in [0, 0.1) is 10.1 Å². The lowest BCUT2D eigenvalue weighted by Gasteiger charge is -2.29. The number of morpholine rings is 1. The monoisotopic (exact) mass is 495 g/mol. The molecule has 0 saturated carbocycles. The number of benzene rings is 2. The molecule has 2 aliphatic rings. The summed E-state index contributed by atoms with van der Waals surface area (Å²) in [5, 5.41) is 22.7. The first kappa shape index (κ1) is 25.3. The number of aliphatic hydroxyl groups excluding tert-OH is 1. The van der Waals surface area contributed by atoms with Crippen molar-refractivity contribution in [2.45, 2.75) is 19.4 Å². The third kappa shape index (κ3) is 5.39. The van der Waals surface area contributed by atoms with Crippen LogP contribution in [0.1, 0.15) is 30.5 Å². The van der Waals surface area contributed by atoms with Crippen LogP contribution in [0.2, 0.25) is 0 Å². The molecule has 1 amide bonds. The van der Waals surface area contributed by atoms with Crippen LogP contribution in [0.3, 0.4) is 0 Å². The molecule has 10 heteroatoms. The van der Waals surface area contributed by atoms with Crippen LogP contribution in [-0.4, -0.2) is 77.5 Å². The average Bonchev–Trinajstić information content (AvgIpc) is 3.14. The van der Waals surface area contributed by atoms with Crippen molar-refractivity contribution >= 4 is 23.1 Å². The molecular weight excluding hydrogens is 466 g/mol. The van der Waals surface area contributed by atoms with Gasteiger partial charge in [-0.15, -0.1) is 0 Å². The number of non-ortho nitro benzene ring substituents is 1. The second-order valence-corrected chi connectivity index (χ2v) is 8.61. The number of nitrogens with zero attached hydrogens (tertiary/aromatic N) is 3. The van der Waals surface area contributed by atoms with E-state index in [-0.39, 0.29) is 23.6 Å². The van der Waals surface area contributed by atoms with Crippen molar-refractivity contribution in [2.75, 3.05) is 46.0 Å². The Hall–Kier alpha value is -3.76. The first-order valence-corrected chi connectivity index (χ1v) is 12.0. The highest BCUT2D eigenvalue weighted by Crippen LogP contribution is 2.40. The summed E-state index contributed by atoms with van der Waals surface area (Å²) >= 11 is 0. The number of aliphatic hydroxyl groups is 1. The first-order valence-electron chi connectivity index (χ1n) is 12.0. The molecule has 2 aromatic rings. The van der Waals surface area contributed by atoms with Crippen molar-refractivity contribution in [3.05, 3.63) is 75.3 Å². The Morgan fingerprint density at radius 3 is 2.61 bits per heavy atom. The molecule has 0 aromatic heterocycles. The lowest BCUT2D eigenvalue weighted by Crippen LogP contribution is -2.39. The van der Waals surface area contributed by atoms with Gasteiger partial charge in [0.2, 0.25) is 0 Å². The van der Waals surface area contributed by atoms with E-state index in [1.54, 1.807) is 30.3 Å². The highest BCUT2D eigenvalue weighted by molar-refractivity contribution is 6.46. The standard InChI is InChI=1S/C26H29N3O7/c1-2-36-21-9-4-7-19(17-21)24(30)22-23(18-6-3-8-20(16-18)29(33)34)28(26(32)25(22)31)11-5-10-27-12-14-35-15-13-27/h3-4,6-9,16-17,23,30H,2,5,10-15H2,1H3. The Balaban J connectivity index is 1.72. The lowest BCUT2D eigenvalue weighted by atomic mass is 9.95. The van der Waals surface area contributed by atoms with Gasteiger partial charge in [0.1, 0.15) is 11.5 Å². The number of ketones is 1. The van der Waals surface area contributed by atoms with Crippen LogP contribution >= 0.6 is 0 Å². The first-order chi connectivity index (χ1) is 17.4. The zero-order valence-corrected chi connectivity index (χ0v) is 20.1. The number of carbonyl (C=O) groups is 2. The van der Waals surface area contributed by atoms with Gasteiger partial charge in [0.25, 0.3) is 17.4 Å². The molecule has 0 radical (unpaired) electrons. The number of hydrogen-bond donors (Lipinski definition) is 1. The molecule has 1 unspecified atom stereocenters. The summed E-state index contributed by atoms with van der Waals surface area (Å²) in [6.45, 7) is 6.11. The van der Waals surface area contributed by atoms with Crippen molar-refractivity contribution in [1.82, 2.24) is 9.80 Å². The summed E-state index contributed by atoms with van der Waals surface area (Å²) < 4.78 is 10.9. The molecule has 2 saturated heterocycles. The maximum atomic E-state index is 13.2. The lowest BCUT2D eigenvalue weighted by molar-refractivity contribution is -0.384. The minimum absolute atomic E-state index is 0.0967. The van der Waals surface area contributed by atoms with Gasteiger partial charge in [-0.1, -0.05) is 24.3 Å². The van der Waals surface area contributed by atoms with E-state index in [1.807, 2.05) is 6.92 Å². The largest absolute Gasteiger partial charge is 0.507 e. The molecule has 0 bridgehead atoms. The third-order valence-electron chi connectivity index (χ3n) is 6.33. The number of nitro benzene ring substituents is 1. The fourth-order valence-corrected chi connectivity index (χ4v) is 4.61. The molecule has 1 atom stereocenters. The topological polar surface area (TPSA) is 122 Å². The number of carbonyl (C=O) groups excluding carboxylic acids is 2. The zero-order chi connectivity index (χ0) is 25.7. The van der Waals surface area contributed by atoms with Gasteiger partial charge in [0, 0.05) is 43.9 Å². The van der Waals surface area contributed by atoms with Gasteiger partial charge < -0.3 is 19.5 Å². The van der Waals surface area contributed by atoms with Gasteiger partial charge in [-0.05, 0) is 31.0 Å². The highest BCUT2D eigenvalue weighted by atomic mass is 16.6. The fraction of sp³-hybridized carbons (Fsp3) is 0.385. The zero-order valence-electron chi connectivity index (χ0n) is 20.1. The highest BCUT2D eigenvalue weighted by Gasteiger charge is 2.46. The molecule has 1 N–H and O–H groups in total. The van der Waals surface area contributed by atoms with Crippen LogP contribution in [-0.2, 0) is 14.3 Å². The van der Waals surface area contributed by atoms with E-state index in [0.717, 1.165) is 13.1 Å². The van der Waals surface area contributed by atoms with Gasteiger partial charge in [0.15, 0.2) is 0 Å². The van der Waals surface area contributed by atoms with E-state index in [0.29, 0.717) is 49.7 Å². The Labute approximate surface area is 208 Å². The molecule has 2 fully saturated rings. The summed E-state index contributed by atoms with van der Waals surface area (Å²) in [6.07, 6.45) is 0.596. The Morgan fingerprint density at radius 2 is 1.89 bits per heavy atom. The Bertz CT molecular complexity index is 1170. The maximum Gasteiger partial charge on any atom is 0.295 e. The second-order valence-electron chi connectivity index (χ2n) is 8.61. The molecule has 2 heterocycles. The van der Waals surface area contributed by atoms with Gasteiger partial charge >= 0.3 is 0 Å². The van der Waals surface area contributed by atoms with Crippen LogP contribution < -0.4 is 4.74 Å². The van der Waals surface area contributed by atoms with E-state index in [1.165, 1.54) is 23.1 Å². The molecule has 0 aliphatic carbocycles. The molecule has 2 aromatic carbocycles. The van der Waals surface area contributed by atoms with E-state index in [9.17, 15) is 24.8 Å². The number of hydrogen-bond acceptors (Lipinski definition) is 8. The number of nitro groups is 1. The van der Waals surface area contributed by atoms with Crippen LogP contribution in [0.25, 0.3) is 5.76 Å². The summed E-state index contributed by atoms with van der Waals surface area (Å²) in [6, 6.07) is 11.5. The van der Waals surface area contributed by atoms with Crippen molar-refractivity contribution < 1.29 is 29.1 Å². The average molecular weight is 496 g/mol. The van der Waals surface area contributed by atoms with E-state index in [2.05, 4.69) is 4.90 Å². The van der Waals surface area contributed by atoms with Crippen molar-refractivity contribution in [2.24, 2.45) is 0 Å². The van der Waals surface area contributed by atoms with Crippen LogP contribution in [0.4, 0.5) is 5.69 Å². The minimum atomic E-state index is -0.953. The quantitative estimate of drug-likeness (QED) is 0.185. The molecule has 0 spiro atoms. The number of amides is 1. The number of ether oxygens (including phenoxy) is 2. The molecule has 4 rings (SSSR count). The van der Waals surface area contributed by atoms with Gasteiger partial charge in [-0.2, -0.15) is 0 Å². The van der Waals surface area contributed by atoms with Crippen LogP contribution in [0.5, 0.6) is 5.75 Å². The third-order valence-corrected chi connectivity index (χ3v) is 6.33. The number of likely N-dealkylation sites (tertiary alicyclic amines) is 1. The summed E-state index contributed by atoms with van der Waals surface area (Å²) in [5.41, 5.74) is 0.449. The molecule has 190 valence electrons. The predicted octanol–water partition coefficient (Wildman–Crippen LogP) is 3.14. The normalized spacial score (nSPS) is 20.0. The summed E-state index contributed by atoms with van der Waals surface area (Å²) in [5.74, 6) is -1.40. The molecule has 36 heavy (non-hydrogen) atoms. The van der Waals surface area contributed by atoms with Gasteiger partial charge in [0.05, 0.1) is 36.4 Å². The second kappa shape index (κ2) is 11.3. The predicted molar refractivity (Wildman–Crippen MR) is 132 cm³/mol. The summed E-state index contributed by atoms with van der Waals surface area (Å²) in [7, 11) is 0. The fourth-order valence-electron chi connectivity index (χ4n) is 4.61. The summed E-state index contributed by atoms with van der Waals surface area (Å²) in [4.78, 5) is 40.9. The molecule has 10 nitrogen and oxygen atoms in total. The van der Waals surface area contributed by atoms with Crippen molar-refractivity contribution in [3.63, 3.8) is 0 Å². The van der Waals surface area contributed by atoms with Crippen molar-refractivity contribution in [3.8, 4) is 5.75 Å². The van der Waals surface area contributed by atoms with Gasteiger partial charge in [-0.25, -0.2) is 0 Å². The smallest absolute Gasteiger partial charge is 0.295 e. The Morgan fingerprint density at radius 1 is 1.14 bits per heavy atom. The number of Topliss-reactive ketones (excluding diaryl/α,β-unsaturated/α-hetero) is 1. The molecule has 2 aliphatic heterocycles. The van der Waals surface area contributed by atoms with Crippen LogP contribution in [0.15, 0.2) is 54.1 Å². The SMILES string of the molecule is CCOc1cccc(C(O)=C2C(=O)C(=O)N(CCCN3CCOCC3)C2c2cccc([N+](=O)[O-])c2)c1. The maximum absolute atomic E-state index is 13.2.